The molecule has 0 radical (unpaired) electrons. The molecule has 0 bridgehead atoms. The van der Waals surface area contributed by atoms with Crippen molar-refractivity contribution < 1.29 is 76.1 Å². The van der Waals surface area contributed by atoms with Gasteiger partial charge < -0.3 is 52.1 Å². The molecule has 0 aromatic heterocycles. The van der Waals surface area contributed by atoms with Crippen LogP contribution >= 0.6 is 0 Å². The molecule has 62 heavy (non-hydrogen) atoms. The van der Waals surface area contributed by atoms with Crippen molar-refractivity contribution in [2.24, 2.45) is 0 Å². The van der Waals surface area contributed by atoms with Gasteiger partial charge in [-0.1, -0.05) is 152 Å². The molecule has 1 aliphatic heterocycles. The summed E-state index contributed by atoms with van der Waals surface area (Å²) in [4.78, 5) is 66.4. The van der Waals surface area contributed by atoms with Gasteiger partial charge in [-0.25, -0.2) is 24.0 Å². The molecule has 5 atom stereocenters. The molecule has 16 nitrogen and oxygen atoms in total. The van der Waals surface area contributed by atoms with E-state index in [1.54, 1.807) is 152 Å². The van der Waals surface area contributed by atoms with E-state index in [0.29, 0.717) is 27.8 Å². The van der Waals surface area contributed by atoms with Crippen LogP contribution in [0.15, 0.2) is 152 Å². The Morgan fingerprint density at radius 1 is 0.339 bits per heavy atom. The number of carbonyl (C=O) groups is 5. The van der Waals surface area contributed by atoms with E-state index in [1.807, 2.05) is 0 Å². The molecule has 16 heteroatoms. The van der Waals surface area contributed by atoms with Crippen molar-refractivity contribution in [1.29, 1.82) is 0 Å². The van der Waals surface area contributed by atoms with Crippen LogP contribution in [0.4, 0.5) is 24.0 Å². The molecule has 5 aromatic rings. The van der Waals surface area contributed by atoms with Gasteiger partial charge in [-0.2, -0.15) is 0 Å². The molecule has 0 N–H and O–H groups in total. The SMILES string of the molecule is O=C(OCc1ccccc1)OC[C@H]1O[C@H](OC(=O)OCc2ccccc2)[C@@H](OC(=O)OCc2ccccc2)[C@@H](OC(=O)OCc2ccccc2)[C@@H]1OC(=O)OCc1ccccc1. The molecule has 0 amide bonds. The summed E-state index contributed by atoms with van der Waals surface area (Å²) in [6.45, 7) is -1.90. The average molecular weight is 851 g/mol. The lowest BCUT2D eigenvalue weighted by atomic mass is 9.98. The molecule has 1 saturated heterocycles. The van der Waals surface area contributed by atoms with E-state index in [4.69, 9.17) is 52.1 Å². The van der Waals surface area contributed by atoms with Gasteiger partial charge >= 0.3 is 30.8 Å². The van der Waals surface area contributed by atoms with Crippen LogP contribution in [-0.4, -0.2) is 68.1 Å². The lowest BCUT2D eigenvalue weighted by molar-refractivity contribution is -0.293. The Labute approximate surface area is 356 Å². The summed E-state index contributed by atoms with van der Waals surface area (Å²) in [5.41, 5.74) is 3.06. The Morgan fingerprint density at radius 3 is 0.984 bits per heavy atom. The summed E-state index contributed by atoms with van der Waals surface area (Å²) in [6, 6.07) is 43.3. The molecule has 0 spiro atoms. The van der Waals surface area contributed by atoms with E-state index in [0.717, 1.165) is 0 Å². The minimum absolute atomic E-state index is 0.157. The second kappa shape index (κ2) is 23.3. The van der Waals surface area contributed by atoms with Gasteiger partial charge in [0.2, 0.25) is 12.4 Å². The third-order valence-corrected chi connectivity index (χ3v) is 8.86. The maximum absolute atomic E-state index is 13.5. The fourth-order valence-corrected chi connectivity index (χ4v) is 5.85. The first-order valence-electron chi connectivity index (χ1n) is 19.3. The topological polar surface area (TPSA) is 187 Å². The van der Waals surface area contributed by atoms with Crippen LogP contribution in [0.2, 0.25) is 0 Å². The van der Waals surface area contributed by atoms with Crippen molar-refractivity contribution in [2.45, 2.75) is 63.7 Å². The Bertz CT molecular complexity index is 2160. The summed E-state index contributed by atoms with van der Waals surface area (Å²) in [5, 5.41) is 0. The minimum atomic E-state index is -1.98. The van der Waals surface area contributed by atoms with Crippen LogP contribution in [0.5, 0.6) is 0 Å². The first-order chi connectivity index (χ1) is 30.3. The normalized spacial score (nSPS) is 17.8. The highest BCUT2D eigenvalue weighted by Crippen LogP contribution is 2.31. The second-order valence-corrected chi connectivity index (χ2v) is 13.3. The molecule has 0 aliphatic carbocycles. The van der Waals surface area contributed by atoms with Gasteiger partial charge in [0.15, 0.2) is 12.2 Å². The lowest BCUT2D eigenvalue weighted by Crippen LogP contribution is -2.63. The fourth-order valence-electron chi connectivity index (χ4n) is 5.85. The van der Waals surface area contributed by atoms with Crippen LogP contribution in [0, 0.1) is 0 Å². The first-order valence-corrected chi connectivity index (χ1v) is 19.3. The number of hydrogen-bond acceptors (Lipinski definition) is 16. The van der Waals surface area contributed by atoms with Gasteiger partial charge in [0.1, 0.15) is 45.7 Å². The largest absolute Gasteiger partial charge is 0.511 e. The zero-order valence-corrected chi connectivity index (χ0v) is 33.1. The molecule has 5 aromatic carbocycles. The zero-order valence-electron chi connectivity index (χ0n) is 33.1. The zero-order chi connectivity index (χ0) is 43.4. The fraction of sp³-hybridized carbons (Fsp3) is 0.239. The standard InChI is InChI=1S/C46H42O16/c47-42(52-26-32-16-6-1-7-17-32)57-31-37-38(59-43(48)53-27-33-18-8-2-9-19-33)39(60-44(49)54-28-34-20-10-3-11-21-34)40(61-45(50)55-29-35-22-12-4-13-23-35)41(58-37)62-46(51)56-30-36-24-14-5-15-25-36/h1-25,37-41H,26-31H2/t37-,38-,39+,40+,41-/m1/s1. The molecule has 0 saturated carbocycles. The van der Waals surface area contributed by atoms with Crippen LogP contribution < -0.4 is 0 Å². The van der Waals surface area contributed by atoms with Gasteiger partial charge in [0, 0.05) is 0 Å². The Kier molecular flexibility index (Phi) is 16.5. The highest BCUT2D eigenvalue weighted by atomic mass is 16.8. The van der Waals surface area contributed by atoms with Gasteiger partial charge in [-0.15, -0.1) is 0 Å². The molecular formula is C46H42O16. The summed E-state index contributed by atoms with van der Waals surface area (Å²) in [5.74, 6) is 0. The number of hydrogen-bond donors (Lipinski definition) is 0. The Morgan fingerprint density at radius 2 is 0.629 bits per heavy atom. The summed E-state index contributed by atoms with van der Waals surface area (Å²) >= 11 is 0. The quantitative estimate of drug-likeness (QED) is 0.0678. The van der Waals surface area contributed by atoms with Crippen molar-refractivity contribution in [3.63, 3.8) is 0 Å². The summed E-state index contributed by atoms with van der Waals surface area (Å²) in [7, 11) is 0. The molecule has 0 unspecified atom stereocenters. The van der Waals surface area contributed by atoms with Gasteiger partial charge in [0.05, 0.1) is 0 Å². The maximum Gasteiger partial charge on any atom is 0.511 e. The molecule has 1 heterocycles. The predicted octanol–water partition coefficient (Wildman–Crippen LogP) is 8.58. The highest BCUT2D eigenvalue weighted by molar-refractivity contribution is 5.64. The van der Waals surface area contributed by atoms with Gasteiger partial charge in [0.25, 0.3) is 0 Å². The smallest absolute Gasteiger partial charge is 0.431 e. The third kappa shape index (κ3) is 14.3. The van der Waals surface area contributed by atoms with Crippen molar-refractivity contribution in [2.75, 3.05) is 6.61 Å². The monoisotopic (exact) mass is 850 g/mol. The number of rotatable bonds is 16. The summed E-state index contributed by atoms with van der Waals surface area (Å²) < 4.78 is 60.7. The number of ether oxygens (including phenoxy) is 11. The van der Waals surface area contributed by atoms with Crippen molar-refractivity contribution >= 4 is 30.8 Å². The average Bonchev–Trinajstić information content (AvgIpc) is 3.31. The van der Waals surface area contributed by atoms with Gasteiger partial charge in [-0.05, 0) is 27.8 Å². The molecular weight excluding hydrogens is 808 g/mol. The minimum Gasteiger partial charge on any atom is -0.431 e. The van der Waals surface area contributed by atoms with Crippen LogP contribution in [0.25, 0.3) is 0 Å². The molecule has 6 rings (SSSR count). The first kappa shape index (κ1) is 44.0. The molecule has 1 fully saturated rings. The lowest BCUT2D eigenvalue weighted by Gasteiger charge is -2.42. The second-order valence-electron chi connectivity index (χ2n) is 13.3. The number of benzene rings is 5. The Hall–Kier alpha value is -7.59. The van der Waals surface area contributed by atoms with Crippen molar-refractivity contribution in [1.82, 2.24) is 0 Å². The van der Waals surface area contributed by atoms with Gasteiger partial charge in [-0.3, -0.25) is 0 Å². The molecule has 1 aliphatic rings. The van der Waals surface area contributed by atoms with E-state index in [9.17, 15) is 24.0 Å². The highest BCUT2D eigenvalue weighted by Gasteiger charge is 2.55. The van der Waals surface area contributed by atoms with E-state index >= 15 is 0 Å². The van der Waals surface area contributed by atoms with Crippen molar-refractivity contribution in [3.8, 4) is 0 Å². The van der Waals surface area contributed by atoms with E-state index < -0.39 is 68.1 Å². The van der Waals surface area contributed by atoms with Crippen LogP contribution in [0.1, 0.15) is 27.8 Å². The van der Waals surface area contributed by atoms with E-state index in [1.165, 1.54) is 0 Å². The third-order valence-electron chi connectivity index (χ3n) is 8.86. The van der Waals surface area contributed by atoms with E-state index in [-0.39, 0.29) is 33.0 Å². The maximum atomic E-state index is 13.5. The van der Waals surface area contributed by atoms with Crippen LogP contribution in [0.3, 0.4) is 0 Å². The van der Waals surface area contributed by atoms with Crippen LogP contribution in [-0.2, 0) is 85.1 Å². The predicted molar refractivity (Wildman–Crippen MR) is 213 cm³/mol. The number of carbonyl (C=O) groups excluding carboxylic acids is 5. The Balaban J connectivity index is 1.29. The molecule has 322 valence electrons. The summed E-state index contributed by atoms with van der Waals surface area (Å²) in [6.07, 6.45) is -15.7. The van der Waals surface area contributed by atoms with Crippen molar-refractivity contribution in [3.05, 3.63) is 179 Å². The van der Waals surface area contributed by atoms with E-state index in [2.05, 4.69) is 0 Å².